The summed E-state index contributed by atoms with van der Waals surface area (Å²) in [6, 6.07) is 0. The molecule has 62 heavy (non-hydrogen) atoms. The molecule has 1 atom stereocenters. The van der Waals surface area contributed by atoms with Crippen LogP contribution >= 0.6 is 0 Å². The fourth-order valence-corrected chi connectivity index (χ4v) is 5.34. The molecule has 0 aromatic carbocycles. The van der Waals surface area contributed by atoms with Crippen molar-refractivity contribution in [1.82, 2.24) is 4.90 Å². The number of rotatable bonds is 34. The van der Waals surface area contributed by atoms with Crippen LogP contribution in [0.25, 0.3) is 0 Å². The van der Waals surface area contributed by atoms with Crippen molar-refractivity contribution >= 4 is 6.29 Å². The summed E-state index contributed by atoms with van der Waals surface area (Å²) in [5.74, 6) is 0.346. The summed E-state index contributed by atoms with van der Waals surface area (Å²) in [7, 11) is 5.56. The first-order valence-corrected chi connectivity index (χ1v) is 26.5. The van der Waals surface area contributed by atoms with Crippen molar-refractivity contribution in [2.24, 2.45) is 5.92 Å². The summed E-state index contributed by atoms with van der Waals surface area (Å²) in [5.41, 5.74) is 0. The predicted octanol–water partition coefficient (Wildman–Crippen LogP) is 15.5. The van der Waals surface area contributed by atoms with Gasteiger partial charge in [-0.3, -0.25) is 0 Å². The zero-order valence-corrected chi connectivity index (χ0v) is 52.9. The molecule has 1 unspecified atom stereocenters. The number of aliphatic hydroxyl groups excluding tert-OH is 1. The van der Waals surface area contributed by atoms with Crippen LogP contribution in [0.2, 0.25) is 0 Å². The van der Waals surface area contributed by atoms with Crippen molar-refractivity contribution in [2.75, 3.05) is 54.2 Å². The van der Waals surface area contributed by atoms with E-state index in [1.165, 1.54) is 180 Å². The quantitative estimate of drug-likeness (QED) is 0.0301. The Morgan fingerprint density at radius 3 is 1.06 bits per heavy atom. The third-order valence-corrected chi connectivity index (χ3v) is 9.19. The van der Waals surface area contributed by atoms with Gasteiger partial charge in [-0.2, -0.15) is 13.3 Å². The Morgan fingerprint density at radius 2 is 0.790 bits per heavy atom. The van der Waals surface area contributed by atoms with Crippen LogP contribution in [-0.4, -0.2) is 70.5 Å². The van der Waals surface area contributed by atoms with Gasteiger partial charge in [0.1, 0.15) is 6.29 Å². The first kappa shape index (κ1) is 90.3. The van der Waals surface area contributed by atoms with Crippen molar-refractivity contribution in [3.8, 4) is 0 Å². The third kappa shape index (κ3) is 137. The van der Waals surface area contributed by atoms with E-state index in [4.69, 9.17) is 9.84 Å². The van der Waals surface area contributed by atoms with Crippen LogP contribution < -0.4 is 51.4 Å². The second-order valence-electron chi connectivity index (χ2n) is 15.0. The van der Waals surface area contributed by atoms with E-state index in [1.54, 1.807) is 21.1 Å². The molecule has 0 amide bonds. The molecular weight excluding hydrogens is 962 g/mol. The predicted molar refractivity (Wildman–Crippen MR) is 281 cm³/mol. The fraction of sp³-hybridized carbons (Fsp3) is 0.945. The summed E-state index contributed by atoms with van der Waals surface area (Å²) < 4.78 is 9.43. The average Bonchev–Trinajstić information content (AvgIpc) is 3.30. The van der Waals surface area contributed by atoms with E-state index < -0.39 is 0 Å². The molecule has 0 saturated carbocycles. The zero-order valence-electron chi connectivity index (χ0n) is 46.8. The fourth-order valence-electron chi connectivity index (χ4n) is 5.34. The van der Waals surface area contributed by atoms with Gasteiger partial charge in [0.15, 0.2) is 0 Å². The van der Waals surface area contributed by atoms with Gasteiger partial charge in [-0.05, 0) is 52.6 Å². The maximum absolute atomic E-state index is 10.9. The summed E-state index contributed by atoms with van der Waals surface area (Å²) >= 11 is 0. The number of methoxy groups -OCH3 is 2. The van der Waals surface area contributed by atoms with E-state index in [0.29, 0.717) is 12.5 Å². The molecule has 0 fully saturated rings. The van der Waals surface area contributed by atoms with Crippen LogP contribution in [0.15, 0.2) is 0 Å². The van der Waals surface area contributed by atoms with E-state index in [0.717, 1.165) is 45.4 Å². The molecule has 0 radical (unpaired) electrons. The largest absolute Gasteiger partial charge is 1.00 e. The number of aliphatic hydroxyl groups is 1. The monoisotopic (exact) mass is 1090 g/mol. The van der Waals surface area contributed by atoms with Crippen molar-refractivity contribution < 1.29 is 91.8 Å². The molecule has 0 heterocycles. The van der Waals surface area contributed by atoms with E-state index in [9.17, 15) is 4.79 Å². The molecular formula is C55H125KNO4W-. The Bertz CT molecular complexity index is 533. The number of carbonyl (C=O) groups excluding carboxylic acids is 1. The minimum absolute atomic E-state index is 0. The standard InChI is InChI=1S/C15H30O.C10H23NO.C9H20.C7H16O.C5H11.C3H8O.2C2H6.C2H5.K.W/c1-3-5-7-9-11-13-15(14-16)12-10-8-6-4-2;1-3-4-5-6-8-11(2)9-7-10-12;1-3-5-7-9-8-6-4-2;1-3-4-5-6-7-8-2;1-3-5-4-2;1-3-4-2;3*1-2;;/h14-15H,3-13H2,1-2H3;12H,3-10H2,1-2H3;3-9H2,1-2H3;3-7H2,1-2H3;1,3-5H2,2H3;3H2,1-2H3;2*1-2H3;1H2,2H3;;/q;;;;-1;;;;-1;+1;. The van der Waals surface area contributed by atoms with Crippen LogP contribution in [0.3, 0.4) is 0 Å². The first-order chi connectivity index (χ1) is 29.3. The minimum atomic E-state index is 0. The minimum Gasteiger partial charge on any atom is -0.396 e. The molecule has 0 saturated heterocycles. The Kier molecular flexibility index (Phi) is 167. The molecule has 0 spiro atoms. The number of carbonyl (C=O) groups is 1. The van der Waals surface area contributed by atoms with Crippen LogP contribution in [0.4, 0.5) is 0 Å². The number of aldehydes is 1. The summed E-state index contributed by atoms with van der Waals surface area (Å²) in [6.45, 7) is 38.5. The van der Waals surface area contributed by atoms with E-state index in [2.05, 4.69) is 79.0 Å². The Hall–Kier alpha value is 1.83. The van der Waals surface area contributed by atoms with Gasteiger partial charge >= 0.3 is 51.4 Å². The Labute approximate surface area is 455 Å². The second-order valence-corrected chi connectivity index (χ2v) is 15.0. The molecule has 0 aromatic heterocycles. The van der Waals surface area contributed by atoms with E-state index >= 15 is 0 Å². The molecule has 0 bridgehead atoms. The van der Waals surface area contributed by atoms with Crippen molar-refractivity contribution in [1.29, 1.82) is 0 Å². The summed E-state index contributed by atoms with van der Waals surface area (Å²) in [5, 5.41) is 8.60. The smallest absolute Gasteiger partial charge is 0.396 e. The average molecular weight is 1090 g/mol. The van der Waals surface area contributed by atoms with Gasteiger partial charge in [0.2, 0.25) is 0 Å². The maximum Gasteiger partial charge on any atom is 1.00 e. The number of unbranched alkanes of at least 4 members (excludes halogenated alkanes) is 21. The first-order valence-electron chi connectivity index (χ1n) is 26.5. The van der Waals surface area contributed by atoms with Gasteiger partial charge in [-0.25, -0.2) is 0 Å². The van der Waals surface area contributed by atoms with E-state index in [1.807, 2.05) is 34.6 Å². The van der Waals surface area contributed by atoms with Gasteiger partial charge in [0.05, 0.1) is 0 Å². The molecule has 0 aromatic rings. The Morgan fingerprint density at radius 1 is 0.500 bits per heavy atom. The molecule has 0 rings (SSSR count). The molecule has 0 aliphatic carbocycles. The summed E-state index contributed by atoms with van der Waals surface area (Å²) in [6.07, 6.45) is 40.2. The zero-order chi connectivity index (χ0) is 48.0. The van der Waals surface area contributed by atoms with Gasteiger partial charge < -0.3 is 38.1 Å². The molecule has 5 nitrogen and oxygen atoms in total. The van der Waals surface area contributed by atoms with Crippen LogP contribution in [0, 0.1) is 19.8 Å². The van der Waals surface area contributed by atoms with Crippen LogP contribution in [-0.2, 0) is 35.3 Å². The van der Waals surface area contributed by atoms with Crippen LogP contribution in [0.1, 0.15) is 283 Å². The second kappa shape index (κ2) is 114. The van der Waals surface area contributed by atoms with E-state index in [-0.39, 0.29) is 72.4 Å². The number of ether oxygens (including phenoxy) is 2. The number of hydrogen-bond donors (Lipinski definition) is 1. The van der Waals surface area contributed by atoms with Gasteiger partial charge in [-0.1, -0.05) is 230 Å². The normalized spacial score (nSPS) is 9.55. The molecule has 382 valence electrons. The number of hydrogen-bond acceptors (Lipinski definition) is 5. The van der Waals surface area contributed by atoms with Gasteiger partial charge in [0, 0.05) is 67.6 Å². The van der Waals surface area contributed by atoms with Crippen molar-refractivity contribution in [2.45, 2.75) is 283 Å². The van der Waals surface area contributed by atoms with Crippen molar-refractivity contribution in [3.63, 3.8) is 0 Å². The Balaban J connectivity index is -0.0000000566. The SMILES string of the molecule is CC.CC.CCCCCCCC(C=O)CCCCCC.CCCCCCCCC.CCCCCCN(C)CCCO.CCCCCCOC.CCOC.[CH2-]C.[CH2-]CCCC.[K+].[W]. The van der Waals surface area contributed by atoms with Crippen LogP contribution in [0.5, 0.6) is 0 Å². The van der Waals surface area contributed by atoms with Gasteiger partial charge in [0.25, 0.3) is 0 Å². The molecule has 7 heteroatoms. The molecule has 0 aliphatic heterocycles. The molecule has 1 N–H and O–H groups in total. The summed E-state index contributed by atoms with van der Waals surface area (Å²) in [4.78, 5) is 13.2. The number of nitrogens with zero attached hydrogens (tertiary/aromatic N) is 1. The molecule has 0 aliphatic rings. The van der Waals surface area contributed by atoms with Crippen molar-refractivity contribution in [3.05, 3.63) is 13.8 Å². The third-order valence-electron chi connectivity index (χ3n) is 9.19. The topological polar surface area (TPSA) is 59.0 Å². The van der Waals surface area contributed by atoms with Gasteiger partial charge in [-0.15, -0.1) is 0 Å². The maximum atomic E-state index is 10.9.